The van der Waals surface area contributed by atoms with Crippen LogP contribution < -0.4 is 5.32 Å². The van der Waals surface area contributed by atoms with Gasteiger partial charge in [0.25, 0.3) is 5.91 Å². The summed E-state index contributed by atoms with van der Waals surface area (Å²) in [7, 11) is 0. The SMILES string of the molecule is Cc1ccc2[nH]nc(C(=O)Nc3ccc4nc(C)oc4c3)c2c1. The van der Waals surface area contributed by atoms with Crippen LogP contribution in [0.15, 0.2) is 40.8 Å². The smallest absolute Gasteiger partial charge is 0.276 e. The summed E-state index contributed by atoms with van der Waals surface area (Å²) in [4.78, 5) is 16.7. The maximum absolute atomic E-state index is 12.5. The van der Waals surface area contributed by atoms with Crippen molar-refractivity contribution in [3.8, 4) is 0 Å². The maximum Gasteiger partial charge on any atom is 0.276 e. The van der Waals surface area contributed by atoms with E-state index in [9.17, 15) is 4.79 Å². The number of amides is 1. The van der Waals surface area contributed by atoms with Gasteiger partial charge in [0.15, 0.2) is 17.2 Å². The number of oxazole rings is 1. The number of carbonyl (C=O) groups excluding carboxylic acids is 1. The van der Waals surface area contributed by atoms with Crippen LogP contribution in [0.4, 0.5) is 5.69 Å². The summed E-state index contributed by atoms with van der Waals surface area (Å²) in [5, 5.41) is 10.7. The summed E-state index contributed by atoms with van der Waals surface area (Å²) in [5.74, 6) is 0.328. The first-order valence-electron chi connectivity index (χ1n) is 7.23. The average molecular weight is 306 g/mol. The van der Waals surface area contributed by atoms with E-state index in [0.29, 0.717) is 22.9 Å². The Labute approximate surface area is 131 Å². The molecule has 2 N–H and O–H groups in total. The Balaban J connectivity index is 1.68. The molecule has 0 aliphatic heterocycles. The van der Waals surface area contributed by atoms with Gasteiger partial charge in [0, 0.05) is 24.1 Å². The summed E-state index contributed by atoms with van der Waals surface area (Å²) < 4.78 is 5.48. The molecule has 2 aromatic heterocycles. The first-order valence-corrected chi connectivity index (χ1v) is 7.23. The lowest BCUT2D eigenvalue weighted by Gasteiger charge is -2.03. The molecule has 6 heteroatoms. The normalized spacial score (nSPS) is 11.2. The number of benzene rings is 2. The van der Waals surface area contributed by atoms with Crippen molar-refractivity contribution < 1.29 is 9.21 Å². The number of nitrogens with one attached hydrogen (secondary N) is 2. The lowest BCUT2D eigenvalue weighted by molar-refractivity contribution is 0.102. The van der Waals surface area contributed by atoms with Gasteiger partial charge in [-0.25, -0.2) is 4.98 Å². The van der Waals surface area contributed by atoms with Gasteiger partial charge in [0.2, 0.25) is 0 Å². The molecule has 0 radical (unpaired) electrons. The van der Waals surface area contributed by atoms with Gasteiger partial charge in [-0.05, 0) is 31.2 Å². The fourth-order valence-electron chi connectivity index (χ4n) is 2.61. The first-order chi connectivity index (χ1) is 11.1. The van der Waals surface area contributed by atoms with Crippen molar-refractivity contribution in [1.82, 2.24) is 15.2 Å². The quantitative estimate of drug-likeness (QED) is 0.593. The molecule has 0 unspecified atom stereocenters. The van der Waals surface area contributed by atoms with E-state index in [0.717, 1.165) is 22.0 Å². The average Bonchev–Trinajstić information content (AvgIpc) is 3.08. The molecule has 4 aromatic rings. The summed E-state index contributed by atoms with van der Waals surface area (Å²) in [6.45, 7) is 3.77. The zero-order valence-corrected chi connectivity index (χ0v) is 12.7. The monoisotopic (exact) mass is 306 g/mol. The van der Waals surface area contributed by atoms with Crippen LogP contribution in [0.3, 0.4) is 0 Å². The van der Waals surface area contributed by atoms with Crippen molar-refractivity contribution in [2.24, 2.45) is 0 Å². The van der Waals surface area contributed by atoms with E-state index in [1.807, 2.05) is 31.2 Å². The third kappa shape index (κ3) is 2.34. The molecule has 0 spiro atoms. The number of H-pyrrole nitrogens is 1. The summed E-state index contributed by atoms with van der Waals surface area (Å²) in [5.41, 5.74) is 4.33. The molecule has 0 fully saturated rings. The van der Waals surface area contributed by atoms with Crippen LogP contribution in [0.1, 0.15) is 21.9 Å². The summed E-state index contributed by atoms with van der Waals surface area (Å²) >= 11 is 0. The highest BCUT2D eigenvalue weighted by Crippen LogP contribution is 2.22. The predicted molar refractivity (Wildman–Crippen MR) is 87.5 cm³/mol. The highest BCUT2D eigenvalue weighted by molar-refractivity contribution is 6.11. The minimum atomic E-state index is -0.266. The number of aromatic nitrogens is 3. The number of aryl methyl sites for hydroxylation is 2. The number of aromatic amines is 1. The molecule has 0 saturated carbocycles. The van der Waals surface area contributed by atoms with Crippen LogP contribution in [0, 0.1) is 13.8 Å². The van der Waals surface area contributed by atoms with E-state index in [1.54, 1.807) is 19.1 Å². The van der Waals surface area contributed by atoms with Crippen LogP contribution in [-0.2, 0) is 0 Å². The molecule has 6 nitrogen and oxygen atoms in total. The van der Waals surface area contributed by atoms with Crippen LogP contribution in [-0.4, -0.2) is 21.1 Å². The minimum Gasteiger partial charge on any atom is -0.441 e. The Morgan fingerprint density at radius 1 is 1.17 bits per heavy atom. The van der Waals surface area contributed by atoms with Crippen LogP contribution in [0.2, 0.25) is 0 Å². The number of nitrogens with zero attached hydrogens (tertiary/aromatic N) is 2. The fraction of sp³-hybridized carbons (Fsp3) is 0.118. The predicted octanol–water partition coefficient (Wildman–Crippen LogP) is 3.57. The van der Waals surface area contributed by atoms with Gasteiger partial charge in [-0.1, -0.05) is 11.6 Å². The zero-order chi connectivity index (χ0) is 16.0. The zero-order valence-electron chi connectivity index (χ0n) is 12.7. The van der Waals surface area contributed by atoms with E-state index in [4.69, 9.17) is 4.42 Å². The second-order valence-electron chi connectivity index (χ2n) is 5.49. The molecule has 114 valence electrons. The topological polar surface area (TPSA) is 83.8 Å². The molecule has 23 heavy (non-hydrogen) atoms. The highest BCUT2D eigenvalue weighted by Gasteiger charge is 2.15. The molecule has 0 aliphatic carbocycles. The van der Waals surface area contributed by atoms with E-state index >= 15 is 0 Å². The van der Waals surface area contributed by atoms with E-state index in [-0.39, 0.29) is 5.91 Å². The standard InChI is InChI=1S/C17H14N4O2/c1-9-3-5-13-12(7-9)16(21-20-13)17(22)19-11-4-6-14-15(8-11)23-10(2)18-14/h3-8H,1-2H3,(H,19,22)(H,20,21). The molecular formula is C17H14N4O2. The van der Waals surface area contributed by atoms with E-state index in [2.05, 4.69) is 20.5 Å². The van der Waals surface area contributed by atoms with Crippen molar-refractivity contribution in [1.29, 1.82) is 0 Å². The second kappa shape index (κ2) is 4.95. The molecule has 4 rings (SSSR count). The minimum absolute atomic E-state index is 0.266. The summed E-state index contributed by atoms with van der Waals surface area (Å²) in [6.07, 6.45) is 0. The molecule has 0 bridgehead atoms. The van der Waals surface area contributed by atoms with Crippen LogP contribution >= 0.6 is 0 Å². The Bertz CT molecular complexity index is 1050. The molecule has 1 amide bonds. The molecular weight excluding hydrogens is 292 g/mol. The molecule has 2 heterocycles. The van der Waals surface area contributed by atoms with E-state index < -0.39 is 0 Å². The van der Waals surface area contributed by atoms with Gasteiger partial charge in [0.1, 0.15) is 5.52 Å². The number of hydrogen-bond donors (Lipinski definition) is 2. The van der Waals surface area contributed by atoms with Gasteiger partial charge in [-0.15, -0.1) is 0 Å². The lowest BCUT2D eigenvalue weighted by atomic mass is 10.1. The van der Waals surface area contributed by atoms with Gasteiger partial charge in [-0.3, -0.25) is 9.89 Å². The largest absolute Gasteiger partial charge is 0.441 e. The Morgan fingerprint density at radius 3 is 2.91 bits per heavy atom. The Hall–Kier alpha value is -3.15. The number of carbonyl (C=O) groups is 1. The third-order valence-corrected chi connectivity index (χ3v) is 3.69. The van der Waals surface area contributed by atoms with Gasteiger partial charge >= 0.3 is 0 Å². The first kappa shape index (κ1) is 13.5. The highest BCUT2D eigenvalue weighted by atomic mass is 16.3. The lowest BCUT2D eigenvalue weighted by Crippen LogP contribution is -2.12. The summed E-state index contributed by atoms with van der Waals surface area (Å²) in [6, 6.07) is 11.2. The van der Waals surface area contributed by atoms with Crippen molar-refractivity contribution in [3.05, 3.63) is 53.5 Å². The molecule has 0 atom stereocenters. The Morgan fingerprint density at radius 2 is 2.04 bits per heavy atom. The number of rotatable bonds is 2. The number of anilines is 1. The molecule has 0 saturated heterocycles. The van der Waals surface area contributed by atoms with Crippen molar-refractivity contribution in [2.75, 3.05) is 5.32 Å². The molecule has 0 aliphatic rings. The van der Waals surface area contributed by atoms with Gasteiger partial charge < -0.3 is 9.73 Å². The third-order valence-electron chi connectivity index (χ3n) is 3.69. The van der Waals surface area contributed by atoms with Crippen LogP contribution in [0.25, 0.3) is 22.0 Å². The van der Waals surface area contributed by atoms with Gasteiger partial charge in [-0.2, -0.15) is 5.10 Å². The maximum atomic E-state index is 12.5. The molecule has 2 aromatic carbocycles. The van der Waals surface area contributed by atoms with Crippen molar-refractivity contribution in [2.45, 2.75) is 13.8 Å². The van der Waals surface area contributed by atoms with Crippen molar-refractivity contribution in [3.63, 3.8) is 0 Å². The number of fused-ring (bicyclic) bond motifs is 2. The van der Waals surface area contributed by atoms with E-state index in [1.165, 1.54) is 0 Å². The number of hydrogen-bond acceptors (Lipinski definition) is 4. The van der Waals surface area contributed by atoms with Crippen molar-refractivity contribution >= 4 is 33.6 Å². The van der Waals surface area contributed by atoms with Crippen LogP contribution in [0.5, 0.6) is 0 Å². The van der Waals surface area contributed by atoms with Gasteiger partial charge in [0.05, 0.1) is 5.52 Å². The Kier molecular flexibility index (Phi) is 2.90. The second-order valence-corrected chi connectivity index (χ2v) is 5.49. The fourth-order valence-corrected chi connectivity index (χ4v) is 2.61.